The summed E-state index contributed by atoms with van der Waals surface area (Å²) in [4.78, 5) is 4.32. The Morgan fingerprint density at radius 2 is 2.21 bits per heavy atom. The summed E-state index contributed by atoms with van der Waals surface area (Å²) in [7, 11) is 0. The first-order chi connectivity index (χ1) is 9.42. The van der Waals surface area contributed by atoms with Gasteiger partial charge in [-0.05, 0) is 31.6 Å². The molecule has 0 amide bonds. The summed E-state index contributed by atoms with van der Waals surface area (Å²) in [5, 5.41) is 10.8. The van der Waals surface area contributed by atoms with Crippen molar-refractivity contribution in [3.05, 3.63) is 16.6 Å². The second kappa shape index (κ2) is 6.82. The van der Waals surface area contributed by atoms with Gasteiger partial charge in [0.05, 0.1) is 5.01 Å². The molecule has 19 heavy (non-hydrogen) atoms. The summed E-state index contributed by atoms with van der Waals surface area (Å²) in [6.07, 6.45) is 11.5. The largest absolute Gasteiger partial charge is 0.315 e. The van der Waals surface area contributed by atoms with Crippen LogP contribution in [0.3, 0.4) is 0 Å². The Labute approximate surface area is 120 Å². The lowest BCUT2D eigenvalue weighted by atomic mass is 9.78. The van der Waals surface area contributed by atoms with Crippen LogP contribution in [0, 0.1) is 5.92 Å². The highest BCUT2D eigenvalue weighted by atomic mass is 32.1. The molecule has 4 heteroatoms. The predicted molar refractivity (Wildman–Crippen MR) is 80.6 cm³/mol. The van der Waals surface area contributed by atoms with Crippen molar-refractivity contribution in [1.82, 2.24) is 15.6 Å². The number of aromatic nitrogens is 1. The van der Waals surface area contributed by atoms with Crippen LogP contribution in [0.15, 0.2) is 11.6 Å². The van der Waals surface area contributed by atoms with E-state index >= 15 is 0 Å². The Kier molecular flexibility index (Phi) is 4.86. The number of fused-ring (bicyclic) bond motifs is 1. The molecule has 3 rings (SSSR count). The van der Waals surface area contributed by atoms with Gasteiger partial charge in [0.25, 0.3) is 0 Å². The molecule has 2 heterocycles. The minimum absolute atomic E-state index is 0.690. The van der Waals surface area contributed by atoms with Gasteiger partial charge in [-0.3, -0.25) is 0 Å². The average molecular weight is 279 g/mol. The molecule has 106 valence electrons. The van der Waals surface area contributed by atoms with Gasteiger partial charge in [-0.2, -0.15) is 0 Å². The smallest absolute Gasteiger partial charge is 0.0937 e. The molecule has 2 N–H and O–H groups in total. The van der Waals surface area contributed by atoms with Crippen LogP contribution in [-0.4, -0.2) is 30.2 Å². The van der Waals surface area contributed by atoms with Crippen LogP contribution >= 0.6 is 11.3 Å². The second-order valence-corrected chi connectivity index (χ2v) is 6.95. The molecule has 1 saturated carbocycles. The number of nitrogens with one attached hydrogen (secondary N) is 2. The lowest BCUT2D eigenvalue weighted by Gasteiger charge is -2.40. The van der Waals surface area contributed by atoms with E-state index in [4.69, 9.17) is 0 Å². The standard InChI is InChI=1S/C15H25N3S/c1-2-4-14-12(3-1)5-6-13(18-14)11-16-8-7-15-17-9-10-19-15/h9-10,12-14,16,18H,1-8,11H2. The summed E-state index contributed by atoms with van der Waals surface area (Å²) in [5.41, 5.74) is 0. The van der Waals surface area contributed by atoms with E-state index < -0.39 is 0 Å². The zero-order valence-electron chi connectivity index (χ0n) is 11.6. The third kappa shape index (κ3) is 3.77. The highest BCUT2D eigenvalue weighted by molar-refractivity contribution is 7.09. The van der Waals surface area contributed by atoms with Gasteiger partial charge in [-0.15, -0.1) is 11.3 Å². The predicted octanol–water partition coefficient (Wildman–Crippen LogP) is 2.59. The molecule has 1 saturated heterocycles. The average Bonchev–Trinajstić information content (AvgIpc) is 2.97. The van der Waals surface area contributed by atoms with Crippen molar-refractivity contribution in [1.29, 1.82) is 0 Å². The van der Waals surface area contributed by atoms with Crippen LogP contribution in [0.1, 0.15) is 43.5 Å². The quantitative estimate of drug-likeness (QED) is 0.814. The highest BCUT2D eigenvalue weighted by Crippen LogP contribution is 2.31. The van der Waals surface area contributed by atoms with Gasteiger partial charge in [0.2, 0.25) is 0 Å². The molecule has 1 aromatic heterocycles. The number of hydrogen-bond donors (Lipinski definition) is 2. The summed E-state index contributed by atoms with van der Waals surface area (Å²) in [6, 6.07) is 1.50. The van der Waals surface area contributed by atoms with Crippen LogP contribution in [0.5, 0.6) is 0 Å². The lowest BCUT2D eigenvalue weighted by molar-refractivity contribution is 0.174. The Morgan fingerprint density at radius 1 is 1.26 bits per heavy atom. The molecule has 0 radical (unpaired) electrons. The van der Waals surface area contributed by atoms with E-state index in [9.17, 15) is 0 Å². The zero-order chi connectivity index (χ0) is 12.9. The molecule has 2 fully saturated rings. The first-order valence-corrected chi connectivity index (χ1v) is 8.65. The number of nitrogens with zero attached hydrogens (tertiary/aromatic N) is 1. The van der Waals surface area contributed by atoms with Crippen molar-refractivity contribution < 1.29 is 0 Å². The molecule has 3 atom stereocenters. The SMILES string of the molecule is c1csc(CCNCC2CCC3CCCCC3N2)n1. The third-order valence-corrected chi connectivity index (χ3v) is 5.47. The monoisotopic (exact) mass is 279 g/mol. The van der Waals surface area contributed by atoms with Gasteiger partial charge >= 0.3 is 0 Å². The minimum Gasteiger partial charge on any atom is -0.315 e. The molecule has 3 unspecified atom stereocenters. The van der Waals surface area contributed by atoms with Gasteiger partial charge < -0.3 is 10.6 Å². The molecular weight excluding hydrogens is 254 g/mol. The van der Waals surface area contributed by atoms with Crippen molar-refractivity contribution in [2.45, 2.75) is 57.0 Å². The zero-order valence-corrected chi connectivity index (χ0v) is 12.4. The Hall–Kier alpha value is -0.450. The van der Waals surface area contributed by atoms with Crippen LogP contribution in [-0.2, 0) is 6.42 Å². The maximum atomic E-state index is 4.32. The van der Waals surface area contributed by atoms with E-state index in [1.807, 2.05) is 6.20 Å². The second-order valence-electron chi connectivity index (χ2n) is 5.97. The number of thiazole rings is 1. The Morgan fingerprint density at radius 3 is 3.11 bits per heavy atom. The van der Waals surface area contributed by atoms with E-state index in [0.29, 0.717) is 6.04 Å². The minimum atomic E-state index is 0.690. The van der Waals surface area contributed by atoms with Gasteiger partial charge in [-0.1, -0.05) is 12.8 Å². The number of rotatable bonds is 5. The van der Waals surface area contributed by atoms with Crippen LogP contribution in [0.25, 0.3) is 0 Å². The summed E-state index contributed by atoms with van der Waals surface area (Å²) >= 11 is 1.76. The van der Waals surface area contributed by atoms with Crippen LogP contribution in [0.2, 0.25) is 0 Å². The Balaban J connectivity index is 1.34. The molecule has 0 bridgehead atoms. The fraction of sp³-hybridized carbons (Fsp3) is 0.800. The third-order valence-electron chi connectivity index (χ3n) is 4.63. The normalized spacial score (nSPS) is 31.1. The van der Waals surface area contributed by atoms with Gasteiger partial charge in [0, 0.05) is 43.2 Å². The van der Waals surface area contributed by atoms with Crippen LogP contribution < -0.4 is 10.6 Å². The number of piperidine rings is 1. The molecule has 0 spiro atoms. The van der Waals surface area contributed by atoms with Crippen molar-refractivity contribution >= 4 is 11.3 Å². The number of hydrogen-bond acceptors (Lipinski definition) is 4. The summed E-state index contributed by atoms with van der Waals surface area (Å²) in [6.45, 7) is 2.17. The molecule has 2 aliphatic rings. The van der Waals surface area contributed by atoms with E-state index in [0.717, 1.165) is 31.5 Å². The first-order valence-electron chi connectivity index (χ1n) is 7.77. The fourth-order valence-electron chi connectivity index (χ4n) is 3.58. The molecule has 0 aromatic carbocycles. The highest BCUT2D eigenvalue weighted by Gasteiger charge is 2.31. The van der Waals surface area contributed by atoms with Gasteiger partial charge in [0.15, 0.2) is 0 Å². The maximum absolute atomic E-state index is 4.32. The molecule has 3 nitrogen and oxygen atoms in total. The van der Waals surface area contributed by atoms with Gasteiger partial charge in [0.1, 0.15) is 0 Å². The van der Waals surface area contributed by atoms with Crippen molar-refractivity contribution in [2.24, 2.45) is 5.92 Å². The topological polar surface area (TPSA) is 37.0 Å². The van der Waals surface area contributed by atoms with E-state index in [2.05, 4.69) is 21.0 Å². The van der Waals surface area contributed by atoms with E-state index in [1.165, 1.54) is 43.5 Å². The maximum Gasteiger partial charge on any atom is 0.0937 e. The lowest BCUT2D eigenvalue weighted by Crippen LogP contribution is -2.52. The van der Waals surface area contributed by atoms with Crippen molar-refractivity contribution in [2.75, 3.05) is 13.1 Å². The fourth-order valence-corrected chi connectivity index (χ4v) is 4.20. The first kappa shape index (κ1) is 13.5. The van der Waals surface area contributed by atoms with Crippen molar-refractivity contribution in [3.8, 4) is 0 Å². The Bertz CT molecular complexity index is 365. The summed E-state index contributed by atoms with van der Waals surface area (Å²) < 4.78 is 0. The molecule has 1 aromatic rings. The molecular formula is C15H25N3S. The van der Waals surface area contributed by atoms with Crippen molar-refractivity contribution in [3.63, 3.8) is 0 Å². The molecule has 1 aliphatic carbocycles. The molecule has 1 aliphatic heterocycles. The van der Waals surface area contributed by atoms with E-state index in [1.54, 1.807) is 11.3 Å². The van der Waals surface area contributed by atoms with Crippen LogP contribution in [0.4, 0.5) is 0 Å². The summed E-state index contributed by atoms with van der Waals surface area (Å²) in [5.74, 6) is 0.973. The van der Waals surface area contributed by atoms with E-state index in [-0.39, 0.29) is 0 Å². The van der Waals surface area contributed by atoms with Gasteiger partial charge in [-0.25, -0.2) is 4.98 Å².